The van der Waals surface area contributed by atoms with Gasteiger partial charge in [-0.15, -0.1) is 0 Å². The molecule has 2 rings (SSSR count). The molecule has 0 aromatic heterocycles. The molecule has 1 unspecified atom stereocenters. The zero-order valence-electron chi connectivity index (χ0n) is 11.3. The summed E-state index contributed by atoms with van der Waals surface area (Å²) in [5.74, 6) is -0.456. The van der Waals surface area contributed by atoms with Gasteiger partial charge in [-0.05, 0) is 45.0 Å². The molecule has 102 valence electrons. The fourth-order valence-corrected chi connectivity index (χ4v) is 2.67. The minimum atomic E-state index is -0.456. The predicted octanol–water partition coefficient (Wildman–Crippen LogP) is 2.98. The number of anilines is 1. The molecule has 0 spiro atoms. The average Bonchev–Trinajstić information content (AvgIpc) is 2.41. The third-order valence-corrected chi connectivity index (χ3v) is 3.84. The van der Waals surface area contributed by atoms with Crippen LogP contribution in [0.4, 0.5) is 10.1 Å². The molecule has 1 fully saturated rings. The van der Waals surface area contributed by atoms with E-state index in [2.05, 4.69) is 17.3 Å². The maximum atomic E-state index is 13.4. The van der Waals surface area contributed by atoms with Crippen molar-refractivity contribution in [3.05, 3.63) is 29.6 Å². The molecule has 1 N–H and O–H groups in total. The van der Waals surface area contributed by atoms with Gasteiger partial charge in [0.2, 0.25) is 0 Å². The Morgan fingerprint density at radius 2 is 2.32 bits per heavy atom. The summed E-state index contributed by atoms with van der Waals surface area (Å²) in [5, 5.41) is 12.1. The summed E-state index contributed by atoms with van der Waals surface area (Å²) in [4.78, 5) is 2.39. The molecule has 0 aliphatic carbocycles. The second-order valence-corrected chi connectivity index (χ2v) is 5.12. The van der Waals surface area contributed by atoms with Crippen LogP contribution in [0, 0.1) is 17.1 Å². The van der Waals surface area contributed by atoms with Crippen molar-refractivity contribution in [2.24, 2.45) is 0 Å². The lowest BCUT2D eigenvalue weighted by atomic mass is 10.00. The van der Waals surface area contributed by atoms with Crippen molar-refractivity contribution in [1.29, 1.82) is 5.26 Å². The van der Waals surface area contributed by atoms with Gasteiger partial charge in [0.25, 0.3) is 0 Å². The molecular weight excluding hydrogens is 241 g/mol. The van der Waals surface area contributed by atoms with E-state index in [-0.39, 0.29) is 5.56 Å². The van der Waals surface area contributed by atoms with Gasteiger partial charge in [0, 0.05) is 12.6 Å². The quantitative estimate of drug-likeness (QED) is 0.905. The molecule has 3 nitrogen and oxygen atoms in total. The first-order valence-electron chi connectivity index (χ1n) is 6.85. The van der Waals surface area contributed by atoms with Crippen LogP contribution in [0.1, 0.15) is 31.2 Å². The summed E-state index contributed by atoms with van der Waals surface area (Å²) in [5.41, 5.74) is 0.709. The van der Waals surface area contributed by atoms with Crippen molar-refractivity contribution in [2.45, 2.75) is 31.7 Å². The Labute approximate surface area is 114 Å². The molecule has 0 amide bonds. The van der Waals surface area contributed by atoms with E-state index in [0.29, 0.717) is 11.7 Å². The maximum Gasteiger partial charge on any atom is 0.143 e. The molecule has 4 heteroatoms. The first-order valence-corrected chi connectivity index (χ1v) is 6.85. The Kier molecular flexibility index (Phi) is 4.75. The minimum absolute atomic E-state index is 0.111. The van der Waals surface area contributed by atoms with Gasteiger partial charge >= 0.3 is 0 Å². The molecule has 1 aromatic rings. The zero-order chi connectivity index (χ0) is 13.7. The van der Waals surface area contributed by atoms with Crippen LogP contribution in [0.25, 0.3) is 0 Å². The van der Waals surface area contributed by atoms with Gasteiger partial charge in [-0.1, -0.05) is 12.5 Å². The number of likely N-dealkylation sites (tertiary alicyclic amines) is 1. The first kappa shape index (κ1) is 13.8. The van der Waals surface area contributed by atoms with E-state index in [4.69, 9.17) is 5.26 Å². The monoisotopic (exact) mass is 261 g/mol. The van der Waals surface area contributed by atoms with Crippen molar-refractivity contribution in [1.82, 2.24) is 4.90 Å². The molecule has 1 heterocycles. The molecule has 1 aliphatic heterocycles. The lowest BCUT2D eigenvalue weighted by Crippen LogP contribution is -2.37. The Balaban J connectivity index is 1.89. The van der Waals surface area contributed by atoms with E-state index in [0.717, 1.165) is 19.5 Å². The lowest BCUT2D eigenvalue weighted by Gasteiger charge is -2.32. The van der Waals surface area contributed by atoms with E-state index in [1.165, 1.54) is 25.3 Å². The Morgan fingerprint density at radius 3 is 3.05 bits per heavy atom. The number of halogens is 1. The predicted molar refractivity (Wildman–Crippen MR) is 74.5 cm³/mol. The number of hydrogen-bond acceptors (Lipinski definition) is 3. The van der Waals surface area contributed by atoms with E-state index < -0.39 is 5.82 Å². The van der Waals surface area contributed by atoms with Gasteiger partial charge in [0.1, 0.15) is 17.4 Å². The Hall–Kier alpha value is -1.60. The van der Waals surface area contributed by atoms with Crippen LogP contribution < -0.4 is 5.32 Å². The summed E-state index contributed by atoms with van der Waals surface area (Å²) < 4.78 is 13.4. The van der Waals surface area contributed by atoms with Crippen molar-refractivity contribution in [2.75, 3.05) is 25.5 Å². The fraction of sp³-hybridized carbons (Fsp3) is 0.533. The molecule has 1 saturated heterocycles. The third kappa shape index (κ3) is 3.45. The van der Waals surface area contributed by atoms with E-state index >= 15 is 0 Å². The number of piperidine rings is 1. The van der Waals surface area contributed by atoms with Crippen LogP contribution in [0.3, 0.4) is 0 Å². The van der Waals surface area contributed by atoms with E-state index in [1.54, 1.807) is 12.1 Å². The Bertz CT molecular complexity index is 467. The highest BCUT2D eigenvalue weighted by molar-refractivity contribution is 5.57. The van der Waals surface area contributed by atoms with Gasteiger partial charge in [0.15, 0.2) is 0 Å². The summed E-state index contributed by atoms with van der Waals surface area (Å²) in [6.07, 6.45) is 4.83. The summed E-state index contributed by atoms with van der Waals surface area (Å²) in [6, 6.07) is 7.22. The van der Waals surface area contributed by atoms with Crippen LogP contribution in [0.5, 0.6) is 0 Å². The van der Waals surface area contributed by atoms with Crippen molar-refractivity contribution < 1.29 is 4.39 Å². The Morgan fingerprint density at radius 1 is 1.47 bits per heavy atom. The minimum Gasteiger partial charge on any atom is -0.384 e. The van der Waals surface area contributed by atoms with Gasteiger partial charge in [-0.25, -0.2) is 4.39 Å². The second kappa shape index (κ2) is 6.53. The average molecular weight is 261 g/mol. The van der Waals surface area contributed by atoms with Crippen molar-refractivity contribution in [3.8, 4) is 6.07 Å². The van der Waals surface area contributed by atoms with E-state index in [1.807, 2.05) is 6.07 Å². The number of nitrogens with zero attached hydrogens (tertiary/aromatic N) is 2. The number of rotatable bonds is 4. The first-order chi connectivity index (χ1) is 9.22. The van der Waals surface area contributed by atoms with Crippen molar-refractivity contribution >= 4 is 5.69 Å². The molecule has 0 radical (unpaired) electrons. The van der Waals surface area contributed by atoms with Gasteiger partial charge in [-0.3, -0.25) is 0 Å². The summed E-state index contributed by atoms with van der Waals surface area (Å²) in [7, 11) is 2.16. The van der Waals surface area contributed by atoms with Crippen LogP contribution in [0.15, 0.2) is 18.2 Å². The third-order valence-electron chi connectivity index (χ3n) is 3.84. The highest BCUT2D eigenvalue weighted by Crippen LogP contribution is 2.20. The van der Waals surface area contributed by atoms with Crippen molar-refractivity contribution in [3.63, 3.8) is 0 Å². The molecule has 19 heavy (non-hydrogen) atoms. The smallest absolute Gasteiger partial charge is 0.143 e. The highest BCUT2D eigenvalue weighted by atomic mass is 19.1. The van der Waals surface area contributed by atoms with E-state index in [9.17, 15) is 4.39 Å². The zero-order valence-corrected chi connectivity index (χ0v) is 11.3. The van der Waals surface area contributed by atoms with Gasteiger partial charge < -0.3 is 10.2 Å². The number of nitrogens with one attached hydrogen (secondary N) is 1. The summed E-state index contributed by atoms with van der Waals surface area (Å²) in [6.45, 7) is 1.93. The topological polar surface area (TPSA) is 39.1 Å². The summed E-state index contributed by atoms with van der Waals surface area (Å²) >= 11 is 0. The van der Waals surface area contributed by atoms with Crippen LogP contribution in [0.2, 0.25) is 0 Å². The maximum absolute atomic E-state index is 13.4. The van der Waals surface area contributed by atoms with Gasteiger partial charge in [-0.2, -0.15) is 5.26 Å². The highest BCUT2D eigenvalue weighted by Gasteiger charge is 2.18. The molecule has 1 aromatic carbocycles. The van der Waals surface area contributed by atoms with Crippen LogP contribution in [-0.4, -0.2) is 31.1 Å². The lowest BCUT2D eigenvalue weighted by molar-refractivity contribution is 0.179. The number of hydrogen-bond donors (Lipinski definition) is 1. The van der Waals surface area contributed by atoms with Gasteiger partial charge in [0.05, 0.1) is 5.69 Å². The largest absolute Gasteiger partial charge is 0.384 e. The van der Waals surface area contributed by atoms with Crippen LogP contribution in [-0.2, 0) is 0 Å². The SMILES string of the molecule is CN1CCCCC1CCNc1cccc(F)c1C#N. The molecule has 1 aliphatic rings. The molecular formula is C15H20FN3. The standard InChI is InChI=1S/C15H20FN3/c1-19-10-3-2-5-12(19)8-9-18-15-7-4-6-14(16)13(15)11-17/h4,6-7,12,18H,2-3,5,8-10H2,1H3. The second-order valence-electron chi connectivity index (χ2n) is 5.12. The fourth-order valence-electron chi connectivity index (χ4n) is 2.67. The number of benzene rings is 1. The molecule has 1 atom stereocenters. The normalized spacial score (nSPS) is 19.9. The molecule has 0 saturated carbocycles. The molecule has 0 bridgehead atoms. The van der Waals surface area contributed by atoms with Crippen LogP contribution >= 0.6 is 0 Å². The number of nitriles is 1.